The molecule has 174 valence electrons. The third-order valence-electron chi connectivity index (χ3n) is 6.27. The summed E-state index contributed by atoms with van der Waals surface area (Å²) in [6.07, 6.45) is 0.160. The Hall–Kier alpha value is -3.73. The SMILES string of the molecule is CC(C)[C@H](CC(=O)O)N=C(Cc1ccccc1)C(=O)OCC1c2ccccc2-c2ccccc21. The lowest BCUT2D eigenvalue weighted by molar-refractivity contribution is -0.138. The molecular formula is C29H29NO4. The molecular weight excluding hydrogens is 426 g/mol. The number of carbonyl (C=O) groups excluding carboxylic acids is 1. The molecule has 4 rings (SSSR count). The topological polar surface area (TPSA) is 76.0 Å². The van der Waals surface area contributed by atoms with Crippen molar-refractivity contribution in [2.45, 2.75) is 38.6 Å². The molecule has 3 aromatic rings. The standard InChI is InChI=1S/C29H29NO4/c1-19(2)26(17-28(31)32)30-27(16-20-10-4-3-5-11-20)29(33)34-18-25-23-14-8-6-12-21(23)22-13-7-9-15-24(22)25/h3-15,19,25-26H,16-18H2,1-2H3,(H,31,32)/t26-/m0/s1. The summed E-state index contributed by atoms with van der Waals surface area (Å²) in [7, 11) is 0. The van der Waals surface area contributed by atoms with Crippen molar-refractivity contribution >= 4 is 17.7 Å². The van der Waals surface area contributed by atoms with Gasteiger partial charge in [-0.2, -0.15) is 0 Å². The van der Waals surface area contributed by atoms with Crippen LogP contribution in [0, 0.1) is 5.92 Å². The van der Waals surface area contributed by atoms with E-state index in [1.165, 1.54) is 11.1 Å². The van der Waals surface area contributed by atoms with Crippen LogP contribution in [0.15, 0.2) is 83.9 Å². The maximum atomic E-state index is 13.3. The Balaban J connectivity index is 1.58. The Kier molecular flexibility index (Phi) is 7.21. The Morgan fingerprint density at radius 3 is 2.00 bits per heavy atom. The second-order valence-corrected chi connectivity index (χ2v) is 8.97. The lowest BCUT2D eigenvalue weighted by Gasteiger charge is -2.18. The molecule has 1 aliphatic carbocycles. The molecule has 0 amide bonds. The molecule has 0 bridgehead atoms. The summed E-state index contributed by atoms with van der Waals surface area (Å²) in [5, 5.41) is 9.32. The number of rotatable bonds is 9. The number of aliphatic carboxylic acids is 1. The average molecular weight is 456 g/mol. The first-order valence-electron chi connectivity index (χ1n) is 11.6. The van der Waals surface area contributed by atoms with E-state index in [2.05, 4.69) is 29.3 Å². The molecule has 0 saturated carbocycles. The number of hydrogen-bond donors (Lipinski definition) is 1. The first kappa shape index (κ1) is 23.4. The Morgan fingerprint density at radius 2 is 1.44 bits per heavy atom. The molecule has 0 saturated heterocycles. The minimum absolute atomic E-state index is 0.0248. The summed E-state index contributed by atoms with van der Waals surface area (Å²) >= 11 is 0. The fraction of sp³-hybridized carbons (Fsp3) is 0.276. The number of benzene rings is 3. The van der Waals surface area contributed by atoms with Gasteiger partial charge >= 0.3 is 11.9 Å². The van der Waals surface area contributed by atoms with Crippen LogP contribution in [0.25, 0.3) is 11.1 Å². The maximum Gasteiger partial charge on any atom is 0.352 e. The maximum absolute atomic E-state index is 13.3. The van der Waals surface area contributed by atoms with E-state index in [9.17, 15) is 14.7 Å². The highest BCUT2D eigenvalue weighted by atomic mass is 16.5. The first-order chi connectivity index (χ1) is 16.4. The van der Waals surface area contributed by atoms with Gasteiger partial charge in [0.2, 0.25) is 0 Å². The molecule has 5 nitrogen and oxygen atoms in total. The molecule has 3 aromatic carbocycles. The smallest absolute Gasteiger partial charge is 0.352 e. The van der Waals surface area contributed by atoms with Gasteiger partial charge in [0.05, 0.1) is 12.5 Å². The zero-order valence-electron chi connectivity index (χ0n) is 19.5. The van der Waals surface area contributed by atoms with Crippen LogP contribution in [0.4, 0.5) is 0 Å². The zero-order chi connectivity index (χ0) is 24.1. The van der Waals surface area contributed by atoms with E-state index in [0.29, 0.717) is 6.42 Å². The molecule has 1 aliphatic rings. The third kappa shape index (κ3) is 5.25. The predicted octanol–water partition coefficient (Wildman–Crippen LogP) is 5.53. The molecule has 1 atom stereocenters. The van der Waals surface area contributed by atoms with E-state index in [1.807, 2.05) is 68.4 Å². The van der Waals surface area contributed by atoms with E-state index in [1.54, 1.807) is 0 Å². The summed E-state index contributed by atoms with van der Waals surface area (Å²) in [5.74, 6) is -1.51. The van der Waals surface area contributed by atoms with Crippen LogP contribution in [-0.2, 0) is 20.7 Å². The van der Waals surface area contributed by atoms with Gasteiger partial charge in [-0.25, -0.2) is 4.79 Å². The molecule has 0 fully saturated rings. The Bertz CT molecular complexity index is 1150. The van der Waals surface area contributed by atoms with Crippen LogP contribution < -0.4 is 0 Å². The van der Waals surface area contributed by atoms with Crippen LogP contribution in [0.1, 0.15) is 42.9 Å². The quantitative estimate of drug-likeness (QED) is 0.340. The zero-order valence-corrected chi connectivity index (χ0v) is 19.5. The van der Waals surface area contributed by atoms with Gasteiger partial charge in [-0.05, 0) is 33.7 Å². The number of carboxylic acids is 1. The van der Waals surface area contributed by atoms with E-state index >= 15 is 0 Å². The van der Waals surface area contributed by atoms with Gasteiger partial charge in [0, 0.05) is 12.3 Å². The number of aliphatic imine (C=N–C) groups is 1. The van der Waals surface area contributed by atoms with Crippen LogP contribution in [-0.4, -0.2) is 35.4 Å². The number of nitrogens with zero attached hydrogens (tertiary/aromatic N) is 1. The van der Waals surface area contributed by atoms with Crippen LogP contribution in [0.2, 0.25) is 0 Å². The third-order valence-corrected chi connectivity index (χ3v) is 6.27. The van der Waals surface area contributed by atoms with Crippen molar-refractivity contribution in [1.29, 1.82) is 0 Å². The molecule has 0 unspecified atom stereocenters. The highest BCUT2D eigenvalue weighted by Gasteiger charge is 2.30. The highest BCUT2D eigenvalue weighted by molar-refractivity contribution is 6.37. The van der Waals surface area contributed by atoms with Crippen molar-refractivity contribution in [3.05, 3.63) is 95.6 Å². The van der Waals surface area contributed by atoms with Gasteiger partial charge in [0.25, 0.3) is 0 Å². The van der Waals surface area contributed by atoms with Crippen molar-refractivity contribution in [2.24, 2.45) is 10.9 Å². The number of esters is 1. The van der Waals surface area contributed by atoms with Crippen molar-refractivity contribution in [1.82, 2.24) is 0 Å². The fourth-order valence-electron chi connectivity index (χ4n) is 4.45. The molecule has 34 heavy (non-hydrogen) atoms. The van der Waals surface area contributed by atoms with Gasteiger partial charge in [-0.15, -0.1) is 0 Å². The van der Waals surface area contributed by atoms with Crippen molar-refractivity contribution in [2.75, 3.05) is 6.61 Å². The fourth-order valence-corrected chi connectivity index (χ4v) is 4.45. The second-order valence-electron chi connectivity index (χ2n) is 8.97. The summed E-state index contributed by atoms with van der Waals surface area (Å²) in [4.78, 5) is 29.2. The number of fused-ring (bicyclic) bond motifs is 3. The number of ether oxygens (including phenoxy) is 1. The average Bonchev–Trinajstić information content (AvgIpc) is 3.15. The molecule has 5 heteroatoms. The van der Waals surface area contributed by atoms with Gasteiger partial charge < -0.3 is 9.84 Å². The molecule has 1 N–H and O–H groups in total. The van der Waals surface area contributed by atoms with E-state index < -0.39 is 18.0 Å². The summed E-state index contributed by atoms with van der Waals surface area (Å²) in [6, 6.07) is 25.4. The first-order valence-corrected chi connectivity index (χ1v) is 11.6. The molecule has 0 aromatic heterocycles. The van der Waals surface area contributed by atoms with Crippen LogP contribution in [0.3, 0.4) is 0 Å². The van der Waals surface area contributed by atoms with E-state index in [0.717, 1.165) is 16.7 Å². The van der Waals surface area contributed by atoms with Crippen molar-refractivity contribution in [3.8, 4) is 11.1 Å². The second kappa shape index (κ2) is 10.5. The minimum Gasteiger partial charge on any atom is -0.481 e. The molecule has 0 spiro atoms. The summed E-state index contributed by atoms with van der Waals surface area (Å²) in [6.45, 7) is 4.02. The van der Waals surface area contributed by atoms with Crippen LogP contribution >= 0.6 is 0 Å². The predicted molar refractivity (Wildman–Crippen MR) is 133 cm³/mol. The largest absolute Gasteiger partial charge is 0.481 e. The van der Waals surface area contributed by atoms with Crippen molar-refractivity contribution in [3.63, 3.8) is 0 Å². The number of hydrogen-bond acceptors (Lipinski definition) is 4. The Labute approximate surface area is 200 Å². The van der Waals surface area contributed by atoms with Gasteiger partial charge in [-0.1, -0.05) is 92.7 Å². The summed E-state index contributed by atoms with van der Waals surface area (Å²) in [5.41, 5.74) is 5.79. The van der Waals surface area contributed by atoms with Gasteiger partial charge in [0.15, 0.2) is 0 Å². The van der Waals surface area contributed by atoms with Gasteiger partial charge in [-0.3, -0.25) is 9.79 Å². The van der Waals surface area contributed by atoms with Gasteiger partial charge in [0.1, 0.15) is 12.3 Å². The molecule has 0 heterocycles. The normalized spacial score (nSPS) is 13.9. The van der Waals surface area contributed by atoms with E-state index in [-0.39, 0.29) is 30.6 Å². The minimum atomic E-state index is -0.936. The lowest BCUT2D eigenvalue weighted by atomic mass is 9.98. The molecule has 0 radical (unpaired) electrons. The Morgan fingerprint density at radius 1 is 0.882 bits per heavy atom. The monoisotopic (exact) mass is 455 g/mol. The number of carbonyl (C=O) groups is 2. The van der Waals surface area contributed by atoms with E-state index in [4.69, 9.17) is 4.74 Å². The lowest BCUT2D eigenvalue weighted by Crippen LogP contribution is -2.27. The highest BCUT2D eigenvalue weighted by Crippen LogP contribution is 2.44. The van der Waals surface area contributed by atoms with Crippen LogP contribution in [0.5, 0.6) is 0 Å². The number of carboxylic acid groups (broad SMARTS) is 1. The molecule has 0 aliphatic heterocycles. The summed E-state index contributed by atoms with van der Waals surface area (Å²) < 4.78 is 5.84. The van der Waals surface area contributed by atoms with Crippen molar-refractivity contribution < 1.29 is 19.4 Å².